The van der Waals surface area contributed by atoms with E-state index in [-0.39, 0.29) is 11.3 Å². The van der Waals surface area contributed by atoms with Gasteiger partial charge in [-0.3, -0.25) is 9.48 Å². The zero-order valence-electron chi connectivity index (χ0n) is 14.2. The fraction of sp³-hybridized carbons (Fsp3) is 0.765. The van der Waals surface area contributed by atoms with E-state index in [1.165, 1.54) is 5.56 Å². The Morgan fingerprint density at radius 3 is 2.30 bits per heavy atom. The first kappa shape index (κ1) is 16.5. The number of carbonyl (C=O) groups excluding carboxylic acids is 1. The predicted octanol–water partition coefficient (Wildman–Crippen LogP) is 0.933. The number of aliphatic hydroxyl groups is 2. The zero-order chi connectivity index (χ0) is 16.8. The summed E-state index contributed by atoms with van der Waals surface area (Å²) < 4.78 is 1.91. The third-order valence-electron chi connectivity index (χ3n) is 6.10. The Kier molecular flexibility index (Phi) is 4.23. The summed E-state index contributed by atoms with van der Waals surface area (Å²) in [5.41, 5.74) is 2.96. The Morgan fingerprint density at radius 1 is 1.22 bits per heavy atom. The third kappa shape index (κ3) is 2.68. The van der Waals surface area contributed by atoms with Crippen molar-refractivity contribution in [2.75, 3.05) is 13.1 Å². The molecule has 1 aliphatic heterocycles. The number of piperidine rings is 1. The lowest BCUT2D eigenvalue weighted by Gasteiger charge is -2.55. The lowest BCUT2D eigenvalue weighted by atomic mass is 9.58. The molecule has 1 spiro atoms. The van der Waals surface area contributed by atoms with E-state index in [1.54, 1.807) is 0 Å². The smallest absolute Gasteiger partial charge is 0.224 e. The molecule has 0 bridgehead atoms. The highest BCUT2D eigenvalue weighted by Crippen LogP contribution is 2.49. The highest BCUT2D eigenvalue weighted by atomic mass is 16.3. The second-order valence-electron chi connectivity index (χ2n) is 7.15. The maximum absolute atomic E-state index is 12.4. The molecule has 2 atom stereocenters. The van der Waals surface area contributed by atoms with E-state index in [0.717, 1.165) is 11.4 Å². The summed E-state index contributed by atoms with van der Waals surface area (Å²) >= 11 is 0. The lowest BCUT2D eigenvalue weighted by molar-refractivity contribution is -0.191. The highest BCUT2D eigenvalue weighted by molar-refractivity contribution is 5.76. The molecule has 128 valence electrons. The number of rotatable bonds is 3. The number of nitrogens with zero attached hydrogens (tertiary/aromatic N) is 3. The SMILES string of the molecule is Cc1nn(CCC(=O)N2CCC3(CC2)[C@H](O)C[C@@H]3O)c(C)c1C. The Balaban J connectivity index is 1.53. The molecule has 0 aromatic carbocycles. The van der Waals surface area contributed by atoms with Gasteiger partial charge >= 0.3 is 0 Å². The van der Waals surface area contributed by atoms with Gasteiger partial charge in [-0.05, 0) is 39.2 Å². The van der Waals surface area contributed by atoms with Gasteiger partial charge in [0.15, 0.2) is 0 Å². The van der Waals surface area contributed by atoms with Gasteiger partial charge in [-0.2, -0.15) is 5.10 Å². The van der Waals surface area contributed by atoms with E-state index in [4.69, 9.17) is 0 Å². The van der Waals surface area contributed by atoms with Crippen LogP contribution in [-0.2, 0) is 11.3 Å². The minimum atomic E-state index is -0.410. The van der Waals surface area contributed by atoms with E-state index in [1.807, 2.05) is 23.4 Å². The van der Waals surface area contributed by atoms with Crippen LogP contribution in [0.1, 0.15) is 42.6 Å². The Hall–Kier alpha value is -1.40. The molecule has 0 unspecified atom stereocenters. The molecule has 2 heterocycles. The van der Waals surface area contributed by atoms with Crippen molar-refractivity contribution < 1.29 is 15.0 Å². The van der Waals surface area contributed by atoms with Crippen molar-refractivity contribution in [3.63, 3.8) is 0 Å². The van der Waals surface area contributed by atoms with Gasteiger partial charge in [0.2, 0.25) is 5.91 Å². The number of aliphatic hydroxyl groups excluding tert-OH is 2. The summed E-state index contributed by atoms with van der Waals surface area (Å²) in [6, 6.07) is 0. The number of carbonyl (C=O) groups is 1. The Labute approximate surface area is 137 Å². The van der Waals surface area contributed by atoms with Gasteiger partial charge in [0.1, 0.15) is 0 Å². The molecule has 1 aromatic heterocycles. The van der Waals surface area contributed by atoms with Crippen LogP contribution < -0.4 is 0 Å². The van der Waals surface area contributed by atoms with Gasteiger partial charge in [-0.1, -0.05) is 0 Å². The van der Waals surface area contributed by atoms with Crippen LogP contribution >= 0.6 is 0 Å². The molecule has 2 fully saturated rings. The number of likely N-dealkylation sites (tertiary alicyclic amines) is 1. The maximum atomic E-state index is 12.4. The normalized spacial score (nSPS) is 26.4. The fourth-order valence-electron chi connectivity index (χ4n) is 3.95. The molecule has 1 aliphatic carbocycles. The number of hydrogen-bond donors (Lipinski definition) is 2. The number of aromatic nitrogens is 2. The van der Waals surface area contributed by atoms with E-state index in [9.17, 15) is 15.0 Å². The van der Waals surface area contributed by atoms with Gasteiger partial charge < -0.3 is 15.1 Å². The second kappa shape index (κ2) is 5.91. The van der Waals surface area contributed by atoms with E-state index in [2.05, 4.69) is 12.0 Å². The van der Waals surface area contributed by atoms with Crippen LogP contribution in [0.5, 0.6) is 0 Å². The Bertz CT molecular complexity index is 592. The molecular weight excluding hydrogens is 294 g/mol. The van der Waals surface area contributed by atoms with Gasteiger partial charge in [0.05, 0.1) is 17.9 Å². The first-order valence-electron chi connectivity index (χ1n) is 8.49. The van der Waals surface area contributed by atoms with Gasteiger partial charge in [0.25, 0.3) is 0 Å². The van der Waals surface area contributed by atoms with Crippen LogP contribution in [0.25, 0.3) is 0 Å². The second-order valence-corrected chi connectivity index (χ2v) is 7.15. The summed E-state index contributed by atoms with van der Waals surface area (Å²) in [4.78, 5) is 14.3. The first-order valence-corrected chi connectivity index (χ1v) is 8.49. The minimum Gasteiger partial charge on any atom is -0.392 e. The molecule has 3 rings (SSSR count). The van der Waals surface area contributed by atoms with Gasteiger partial charge in [-0.25, -0.2) is 0 Å². The van der Waals surface area contributed by atoms with Crippen LogP contribution in [0.2, 0.25) is 0 Å². The lowest BCUT2D eigenvalue weighted by Crippen LogP contribution is -2.61. The van der Waals surface area contributed by atoms with Crippen molar-refractivity contribution in [2.24, 2.45) is 5.41 Å². The van der Waals surface area contributed by atoms with Crippen molar-refractivity contribution in [2.45, 2.75) is 65.2 Å². The quantitative estimate of drug-likeness (QED) is 0.868. The number of hydrogen-bond acceptors (Lipinski definition) is 4. The molecule has 1 saturated heterocycles. The summed E-state index contributed by atoms with van der Waals surface area (Å²) in [6.45, 7) is 7.93. The van der Waals surface area contributed by atoms with Crippen LogP contribution in [0.4, 0.5) is 0 Å². The van der Waals surface area contributed by atoms with Crippen molar-refractivity contribution in [3.8, 4) is 0 Å². The molecule has 1 aromatic rings. The molecule has 23 heavy (non-hydrogen) atoms. The number of aryl methyl sites for hydroxylation is 2. The van der Waals surface area contributed by atoms with Crippen molar-refractivity contribution in [1.29, 1.82) is 0 Å². The fourth-order valence-corrected chi connectivity index (χ4v) is 3.95. The molecule has 1 amide bonds. The van der Waals surface area contributed by atoms with E-state index >= 15 is 0 Å². The van der Waals surface area contributed by atoms with Crippen LogP contribution in [0.15, 0.2) is 0 Å². The summed E-state index contributed by atoms with van der Waals surface area (Å²) in [7, 11) is 0. The molecule has 1 saturated carbocycles. The van der Waals surface area contributed by atoms with Crippen molar-refractivity contribution >= 4 is 5.91 Å². The topological polar surface area (TPSA) is 78.6 Å². The van der Waals surface area contributed by atoms with Crippen LogP contribution in [0.3, 0.4) is 0 Å². The molecular formula is C17H27N3O3. The average molecular weight is 321 g/mol. The number of amides is 1. The standard InChI is InChI=1S/C17H27N3O3/c1-11-12(2)18-20(13(11)3)7-4-16(23)19-8-5-17(6-9-19)14(21)10-15(17)22/h14-15,21-22H,4-10H2,1-3H3/t14-,15+. The summed E-state index contributed by atoms with van der Waals surface area (Å²) in [5.74, 6) is 0.133. The average Bonchev–Trinajstić information content (AvgIpc) is 2.80. The highest BCUT2D eigenvalue weighted by Gasteiger charge is 2.55. The van der Waals surface area contributed by atoms with E-state index in [0.29, 0.717) is 45.3 Å². The molecule has 0 radical (unpaired) electrons. The van der Waals surface area contributed by atoms with Crippen molar-refractivity contribution in [3.05, 3.63) is 17.0 Å². The minimum absolute atomic E-state index is 0.133. The molecule has 6 heteroatoms. The zero-order valence-corrected chi connectivity index (χ0v) is 14.2. The van der Waals surface area contributed by atoms with Gasteiger partial charge in [0, 0.05) is 43.6 Å². The Morgan fingerprint density at radius 2 is 1.83 bits per heavy atom. The molecule has 2 N–H and O–H groups in total. The summed E-state index contributed by atoms with van der Waals surface area (Å²) in [6.07, 6.45) is 1.49. The third-order valence-corrected chi connectivity index (χ3v) is 6.10. The molecule has 2 aliphatic rings. The van der Waals surface area contributed by atoms with Crippen LogP contribution in [-0.4, -0.2) is 56.1 Å². The van der Waals surface area contributed by atoms with Crippen LogP contribution in [0, 0.1) is 26.2 Å². The predicted molar refractivity (Wildman–Crippen MR) is 85.9 cm³/mol. The molecule has 6 nitrogen and oxygen atoms in total. The first-order chi connectivity index (χ1) is 10.8. The summed E-state index contributed by atoms with van der Waals surface area (Å²) in [5, 5.41) is 24.4. The van der Waals surface area contributed by atoms with Gasteiger partial charge in [-0.15, -0.1) is 0 Å². The maximum Gasteiger partial charge on any atom is 0.224 e. The largest absolute Gasteiger partial charge is 0.392 e. The van der Waals surface area contributed by atoms with E-state index < -0.39 is 12.2 Å². The van der Waals surface area contributed by atoms with Crippen molar-refractivity contribution in [1.82, 2.24) is 14.7 Å². The monoisotopic (exact) mass is 321 g/mol.